The molecule has 0 amide bonds. The molecule has 0 aliphatic carbocycles. The van der Waals surface area contributed by atoms with Crippen LogP contribution < -0.4 is 0 Å². The molecule has 0 spiro atoms. The van der Waals surface area contributed by atoms with E-state index in [1.165, 1.54) is 7.11 Å². The summed E-state index contributed by atoms with van der Waals surface area (Å²) in [6.07, 6.45) is 1.72. The van der Waals surface area contributed by atoms with Gasteiger partial charge in [-0.25, -0.2) is 0 Å². The lowest BCUT2D eigenvalue weighted by molar-refractivity contribution is -0.167. The van der Waals surface area contributed by atoms with Crippen molar-refractivity contribution >= 4 is 11.8 Å². The van der Waals surface area contributed by atoms with Crippen LogP contribution >= 0.6 is 0 Å². The minimum absolute atomic E-state index is 0.0342. The number of ketones is 1. The molecule has 2 aliphatic rings. The number of Topliss-reactive ketones (excluding diaryl/α,β-unsaturated/α-hetero) is 1. The third-order valence-electron chi connectivity index (χ3n) is 3.12. The molecule has 2 rings (SSSR count). The van der Waals surface area contributed by atoms with Crippen molar-refractivity contribution in [3.8, 4) is 0 Å². The van der Waals surface area contributed by atoms with E-state index in [1.54, 1.807) is 0 Å². The summed E-state index contributed by atoms with van der Waals surface area (Å²) in [7, 11) is 1.30. The first-order valence-corrected chi connectivity index (χ1v) is 4.84. The zero-order valence-corrected chi connectivity index (χ0v) is 8.41. The fourth-order valence-corrected chi connectivity index (χ4v) is 2.39. The standard InChI is InChI=1S/C10H14O4/c1-10-4-3-7(14-10)8(6(11)5-10)9(12)13-2/h7-8H,3-5H2,1-2H3/t7-,8+,10+/m1/s1. The van der Waals surface area contributed by atoms with Gasteiger partial charge in [0, 0.05) is 6.42 Å². The summed E-state index contributed by atoms with van der Waals surface area (Å²) >= 11 is 0. The van der Waals surface area contributed by atoms with E-state index >= 15 is 0 Å². The maximum atomic E-state index is 11.7. The van der Waals surface area contributed by atoms with Gasteiger partial charge in [0.2, 0.25) is 0 Å². The van der Waals surface area contributed by atoms with Gasteiger partial charge in [-0.05, 0) is 19.8 Å². The van der Waals surface area contributed by atoms with Crippen LogP contribution in [0, 0.1) is 5.92 Å². The van der Waals surface area contributed by atoms with Crippen LogP contribution in [0.3, 0.4) is 0 Å². The number of ether oxygens (including phenoxy) is 2. The number of carbonyl (C=O) groups is 2. The molecule has 0 aromatic rings. The molecule has 14 heavy (non-hydrogen) atoms. The van der Waals surface area contributed by atoms with Crippen LogP contribution in [0.5, 0.6) is 0 Å². The highest BCUT2D eigenvalue weighted by Crippen LogP contribution is 2.42. The third-order valence-corrected chi connectivity index (χ3v) is 3.12. The second kappa shape index (κ2) is 3.05. The first-order valence-electron chi connectivity index (χ1n) is 4.84. The van der Waals surface area contributed by atoms with E-state index in [2.05, 4.69) is 4.74 Å². The van der Waals surface area contributed by atoms with Gasteiger partial charge in [0.15, 0.2) is 5.78 Å². The number of hydrogen-bond donors (Lipinski definition) is 0. The number of carbonyl (C=O) groups excluding carboxylic acids is 2. The molecule has 4 nitrogen and oxygen atoms in total. The molecule has 0 saturated carbocycles. The van der Waals surface area contributed by atoms with Crippen LogP contribution in [-0.2, 0) is 19.1 Å². The molecule has 2 bridgehead atoms. The minimum atomic E-state index is -0.685. The summed E-state index contributed by atoms with van der Waals surface area (Å²) in [5.41, 5.74) is -0.327. The van der Waals surface area contributed by atoms with Crippen molar-refractivity contribution in [3.05, 3.63) is 0 Å². The van der Waals surface area contributed by atoms with Gasteiger partial charge < -0.3 is 9.47 Å². The number of esters is 1. The molecule has 3 atom stereocenters. The highest BCUT2D eigenvalue weighted by Gasteiger charge is 2.52. The molecule has 4 heteroatoms. The molecular formula is C10H14O4. The Morgan fingerprint density at radius 3 is 3.00 bits per heavy atom. The first kappa shape index (κ1) is 9.65. The minimum Gasteiger partial charge on any atom is -0.468 e. The van der Waals surface area contributed by atoms with Gasteiger partial charge in [-0.2, -0.15) is 0 Å². The van der Waals surface area contributed by atoms with Crippen molar-refractivity contribution in [2.45, 2.75) is 37.9 Å². The molecule has 0 aromatic carbocycles. The van der Waals surface area contributed by atoms with Crippen LogP contribution in [0.25, 0.3) is 0 Å². The van der Waals surface area contributed by atoms with E-state index < -0.39 is 11.9 Å². The molecule has 2 fully saturated rings. The molecule has 0 aromatic heterocycles. The topological polar surface area (TPSA) is 52.6 Å². The molecular weight excluding hydrogens is 184 g/mol. The Labute approximate surface area is 82.6 Å². The summed E-state index contributed by atoms with van der Waals surface area (Å²) in [6.45, 7) is 1.93. The quantitative estimate of drug-likeness (QED) is 0.459. The lowest BCUT2D eigenvalue weighted by Gasteiger charge is -2.32. The summed E-state index contributed by atoms with van der Waals surface area (Å²) in [6, 6.07) is 0. The fourth-order valence-electron chi connectivity index (χ4n) is 2.39. The van der Waals surface area contributed by atoms with E-state index in [9.17, 15) is 9.59 Å². The van der Waals surface area contributed by atoms with Gasteiger partial charge in [-0.3, -0.25) is 9.59 Å². The lowest BCUT2D eigenvalue weighted by atomic mass is 9.90. The molecule has 2 heterocycles. The van der Waals surface area contributed by atoms with Gasteiger partial charge in [0.25, 0.3) is 0 Å². The van der Waals surface area contributed by atoms with Crippen molar-refractivity contribution in [1.29, 1.82) is 0 Å². The monoisotopic (exact) mass is 198 g/mol. The second-order valence-corrected chi connectivity index (χ2v) is 4.29. The van der Waals surface area contributed by atoms with Crippen LogP contribution in [0.2, 0.25) is 0 Å². The van der Waals surface area contributed by atoms with Crippen LogP contribution in [0.4, 0.5) is 0 Å². The second-order valence-electron chi connectivity index (χ2n) is 4.29. The van der Waals surface area contributed by atoms with E-state index in [0.29, 0.717) is 6.42 Å². The van der Waals surface area contributed by atoms with Crippen LogP contribution in [0.1, 0.15) is 26.2 Å². The van der Waals surface area contributed by atoms with Crippen molar-refractivity contribution in [2.24, 2.45) is 5.92 Å². The maximum absolute atomic E-state index is 11.7. The van der Waals surface area contributed by atoms with Crippen LogP contribution in [-0.4, -0.2) is 30.6 Å². The van der Waals surface area contributed by atoms with Gasteiger partial charge in [-0.1, -0.05) is 0 Å². The first-order chi connectivity index (χ1) is 6.56. The molecule has 0 unspecified atom stereocenters. The van der Waals surface area contributed by atoms with Crippen LogP contribution in [0.15, 0.2) is 0 Å². The number of methoxy groups -OCH3 is 1. The molecule has 0 radical (unpaired) electrons. The van der Waals surface area contributed by atoms with Crippen molar-refractivity contribution in [1.82, 2.24) is 0 Å². The number of fused-ring (bicyclic) bond motifs is 2. The van der Waals surface area contributed by atoms with Crippen molar-refractivity contribution < 1.29 is 19.1 Å². The molecule has 0 N–H and O–H groups in total. The Kier molecular flexibility index (Phi) is 2.10. The van der Waals surface area contributed by atoms with Gasteiger partial charge in [-0.15, -0.1) is 0 Å². The zero-order chi connectivity index (χ0) is 10.3. The van der Waals surface area contributed by atoms with Gasteiger partial charge in [0.05, 0.1) is 18.8 Å². The van der Waals surface area contributed by atoms with Gasteiger partial charge >= 0.3 is 5.97 Å². The van der Waals surface area contributed by atoms with E-state index in [1.807, 2.05) is 6.92 Å². The summed E-state index contributed by atoms with van der Waals surface area (Å²) < 4.78 is 10.3. The van der Waals surface area contributed by atoms with E-state index in [0.717, 1.165) is 12.8 Å². The third kappa shape index (κ3) is 1.34. The van der Waals surface area contributed by atoms with Crippen molar-refractivity contribution in [3.63, 3.8) is 0 Å². The zero-order valence-electron chi connectivity index (χ0n) is 8.41. The Morgan fingerprint density at radius 1 is 1.64 bits per heavy atom. The highest BCUT2D eigenvalue weighted by atomic mass is 16.5. The molecule has 2 saturated heterocycles. The van der Waals surface area contributed by atoms with Gasteiger partial charge in [0.1, 0.15) is 5.92 Å². The number of rotatable bonds is 1. The Hall–Kier alpha value is -0.900. The Bertz CT molecular complexity index is 286. The smallest absolute Gasteiger partial charge is 0.318 e. The summed E-state index contributed by atoms with van der Waals surface area (Å²) in [5, 5.41) is 0. The fraction of sp³-hybridized carbons (Fsp3) is 0.800. The lowest BCUT2D eigenvalue weighted by Crippen LogP contribution is -2.45. The Balaban J connectivity index is 2.21. The molecule has 78 valence electrons. The SMILES string of the molecule is COC(=O)[C@H]1C(=O)C[C@]2(C)CC[C@H]1O2. The maximum Gasteiger partial charge on any atom is 0.318 e. The van der Waals surface area contributed by atoms with E-state index in [-0.39, 0.29) is 17.5 Å². The average molecular weight is 198 g/mol. The average Bonchev–Trinajstić information content (AvgIpc) is 2.42. The summed E-state index contributed by atoms with van der Waals surface area (Å²) in [4.78, 5) is 23.0. The number of hydrogen-bond acceptors (Lipinski definition) is 4. The Morgan fingerprint density at radius 2 is 2.36 bits per heavy atom. The normalized spacial score (nSPS) is 41.1. The van der Waals surface area contributed by atoms with E-state index in [4.69, 9.17) is 4.74 Å². The predicted octanol–water partition coefficient (Wildman–Crippen LogP) is 0.686. The predicted molar refractivity (Wildman–Crippen MR) is 47.6 cm³/mol. The summed E-state index contributed by atoms with van der Waals surface area (Å²) in [5.74, 6) is -1.17. The van der Waals surface area contributed by atoms with Crippen molar-refractivity contribution in [2.75, 3.05) is 7.11 Å². The highest BCUT2D eigenvalue weighted by molar-refractivity contribution is 6.00. The largest absolute Gasteiger partial charge is 0.468 e. The molecule has 2 aliphatic heterocycles.